The average Bonchev–Trinajstić information content (AvgIpc) is 2.60. The molecule has 0 aliphatic heterocycles. The summed E-state index contributed by atoms with van der Waals surface area (Å²) in [7, 11) is -1.72. The summed E-state index contributed by atoms with van der Waals surface area (Å²) in [5, 5.41) is 1.11. The molecule has 142 valence electrons. The normalized spacial score (nSPS) is 12.4. The largest absolute Gasteiger partial charge is 0.413 e. The molecule has 0 heterocycles. The van der Waals surface area contributed by atoms with Crippen molar-refractivity contribution in [1.82, 2.24) is 0 Å². The molecule has 0 bridgehead atoms. The van der Waals surface area contributed by atoms with Crippen LogP contribution in [0.25, 0.3) is 0 Å². The van der Waals surface area contributed by atoms with Crippen LogP contribution in [0.2, 0.25) is 18.1 Å². The van der Waals surface area contributed by atoms with E-state index in [0.717, 1.165) is 5.33 Å². The van der Waals surface area contributed by atoms with Gasteiger partial charge >= 0.3 is 0 Å². The van der Waals surface area contributed by atoms with E-state index in [1.54, 1.807) is 0 Å². The third-order valence-corrected chi connectivity index (χ3v) is 10.2. The minimum absolute atomic E-state index is 0.234. The van der Waals surface area contributed by atoms with E-state index in [4.69, 9.17) is 9.16 Å². The monoisotopic (exact) mass is 434 g/mol. The molecule has 4 heteroatoms. The average molecular weight is 435 g/mol. The fraction of sp³-hybridized carbons (Fsp3) is 0.455. The molecule has 0 fully saturated rings. The lowest BCUT2D eigenvalue weighted by Gasteiger charge is -2.36. The Morgan fingerprint density at radius 3 is 1.77 bits per heavy atom. The molecule has 0 N–H and O–H groups in total. The van der Waals surface area contributed by atoms with E-state index < -0.39 is 8.32 Å². The molecule has 0 atom stereocenters. The van der Waals surface area contributed by atoms with Crippen LogP contribution < -0.4 is 0 Å². The molecule has 0 saturated carbocycles. The molecular weight excluding hydrogens is 404 g/mol. The molecule has 0 aliphatic carbocycles. The van der Waals surface area contributed by atoms with Gasteiger partial charge in [-0.25, -0.2) is 0 Å². The third-order valence-electron chi connectivity index (χ3n) is 5.08. The number of ether oxygens (including phenoxy) is 1. The SMILES string of the molecule is CC(C)(C)[Si](C)(C)OCc1cccc(COCc2cccc(CBr)c2)c1. The number of benzene rings is 2. The highest BCUT2D eigenvalue weighted by atomic mass is 79.9. The van der Waals surface area contributed by atoms with Gasteiger partial charge in [-0.1, -0.05) is 85.2 Å². The Bertz CT molecular complexity index is 707. The third kappa shape index (κ3) is 6.34. The van der Waals surface area contributed by atoms with Crippen molar-refractivity contribution in [3.05, 3.63) is 70.8 Å². The zero-order valence-corrected chi connectivity index (χ0v) is 19.2. The Kier molecular flexibility index (Phi) is 7.65. The van der Waals surface area contributed by atoms with Gasteiger partial charge < -0.3 is 9.16 Å². The molecule has 2 aromatic carbocycles. The molecule has 0 unspecified atom stereocenters. The zero-order chi connectivity index (χ0) is 19.2. The standard InChI is InChI=1S/C22H31BrO2Si/c1-22(2,3)26(4,5)25-17-21-11-7-10-20(13-21)16-24-15-19-9-6-8-18(12-19)14-23/h6-13H,14-17H2,1-5H3. The van der Waals surface area contributed by atoms with E-state index in [-0.39, 0.29) is 5.04 Å². The van der Waals surface area contributed by atoms with E-state index >= 15 is 0 Å². The second-order valence-corrected chi connectivity index (χ2v) is 13.7. The second-order valence-electron chi connectivity index (χ2n) is 8.32. The Hall–Kier alpha value is -0.943. The fourth-order valence-corrected chi connectivity index (χ4v) is 3.69. The van der Waals surface area contributed by atoms with Crippen molar-refractivity contribution >= 4 is 24.2 Å². The van der Waals surface area contributed by atoms with Gasteiger partial charge in [-0.2, -0.15) is 0 Å². The van der Waals surface area contributed by atoms with E-state index in [2.05, 4.69) is 98.3 Å². The van der Waals surface area contributed by atoms with Gasteiger partial charge in [-0.15, -0.1) is 0 Å². The molecule has 0 saturated heterocycles. The van der Waals surface area contributed by atoms with Gasteiger partial charge in [0.15, 0.2) is 8.32 Å². The summed E-state index contributed by atoms with van der Waals surface area (Å²) in [5.41, 5.74) is 4.89. The fourth-order valence-electron chi connectivity index (χ4n) is 2.38. The van der Waals surface area contributed by atoms with Crippen molar-refractivity contribution in [2.75, 3.05) is 0 Å². The molecule has 2 rings (SSSR count). The number of rotatable bonds is 8. The molecule has 2 aromatic rings. The minimum Gasteiger partial charge on any atom is -0.413 e. The first kappa shape index (κ1) is 21.4. The predicted molar refractivity (Wildman–Crippen MR) is 116 cm³/mol. The van der Waals surface area contributed by atoms with Crippen LogP contribution in [0, 0.1) is 0 Å². The van der Waals surface area contributed by atoms with Crippen LogP contribution >= 0.6 is 15.9 Å². The molecule has 0 spiro atoms. The minimum atomic E-state index is -1.72. The van der Waals surface area contributed by atoms with Gasteiger partial charge in [0, 0.05) is 5.33 Å². The van der Waals surface area contributed by atoms with E-state index in [9.17, 15) is 0 Å². The van der Waals surface area contributed by atoms with Crippen LogP contribution in [-0.2, 0) is 34.3 Å². The van der Waals surface area contributed by atoms with E-state index in [1.165, 1.54) is 22.3 Å². The highest BCUT2D eigenvalue weighted by Crippen LogP contribution is 2.37. The summed E-state index contributed by atoms with van der Waals surface area (Å²) in [5.74, 6) is 0. The summed E-state index contributed by atoms with van der Waals surface area (Å²) in [6.45, 7) is 13.3. The van der Waals surface area contributed by atoms with Crippen molar-refractivity contribution < 1.29 is 9.16 Å². The Labute approximate surface area is 168 Å². The van der Waals surface area contributed by atoms with Crippen LogP contribution in [-0.4, -0.2) is 8.32 Å². The highest BCUT2D eigenvalue weighted by Gasteiger charge is 2.36. The molecule has 0 amide bonds. The van der Waals surface area contributed by atoms with Crippen LogP contribution in [0.4, 0.5) is 0 Å². The Morgan fingerprint density at radius 2 is 1.27 bits per heavy atom. The maximum absolute atomic E-state index is 6.33. The number of halogens is 1. The lowest BCUT2D eigenvalue weighted by Crippen LogP contribution is -2.40. The van der Waals surface area contributed by atoms with Crippen molar-refractivity contribution in [2.24, 2.45) is 0 Å². The van der Waals surface area contributed by atoms with Crippen molar-refractivity contribution in [2.45, 2.75) is 64.1 Å². The summed E-state index contributed by atoms with van der Waals surface area (Å²) in [6.07, 6.45) is 0. The smallest absolute Gasteiger partial charge is 0.192 e. The van der Waals surface area contributed by atoms with Crippen molar-refractivity contribution in [1.29, 1.82) is 0 Å². The maximum Gasteiger partial charge on any atom is 0.192 e. The van der Waals surface area contributed by atoms with Crippen molar-refractivity contribution in [3.8, 4) is 0 Å². The Morgan fingerprint density at radius 1 is 0.808 bits per heavy atom. The van der Waals surface area contributed by atoms with Crippen LogP contribution in [0.3, 0.4) is 0 Å². The second kappa shape index (κ2) is 9.31. The molecule has 0 aromatic heterocycles. The first-order chi connectivity index (χ1) is 12.2. The van der Waals surface area contributed by atoms with Crippen molar-refractivity contribution in [3.63, 3.8) is 0 Å². The lowest BCUT2D eigenvalue weighted by atomic mass is 10.1. The van der Waals surface area contributed by atoms with Gasteiger partial charge in [-0.3, -0.25) is 0 Å². The topological polar surface area (TPSA) is 18.5 Å². The predicted octanol–water partition coefficient (Wildman–Crippen LogP) is 6.82. The highest BCUT2D eigenvalue weighted by molar-refractivity contribution is 9.08. The van der Waals surface area contributed by atoms with Gasteiger partial charge in [0.2, 0.25) is 0 Å². The van der Waals surface area contributed by atoms with E-state index in [1.807, 2.05) is 0 Å². The first-order valence-electron chi connectivity index (χ1n) is 9.14. The molecule has 26 heavy (non-hydrogen) atoms. The molecule has 2 nitrogen and oxygen atoms in total. The first-order valence-corrected chi connectivity index (χ1v) is 13.2. The number of hydrogen-bond acceptors (Lipinski definition) is 2. The number of alkyl halides is 1. The van der Waals surface area contributed by atoms with Crippen LogP contribution in [0.1, 0.15) is 43.0 Å². The quantitative estimate of drug-likeness (QED) is 0.335. The van der Waals surface area contributed by atoms with Gasteiger partial charge in [0.05, 0.1) is 19.8 Å². The van der Waals surface area contributed by atoms with Gasteiger partial charge in [0.1, 0.15) is 0 Å². The maximum atomic E-state index is 6.33. The van der Waals surface area contributed by atoms with Gasteiger partial charge in [0.25, 0.3) is 0 Å². The molecule has 0 aliphatic rings. The van der Waals surface area contributed by atoms with Crippen LogP contribution in [0.5, 0.6) is 0 Å². The lowest BCUT2D eigenvalue weighted by molar-refractivity contribution is 0.107. The summed E-state index contributed by atoms with van der Waals surface area (Å²) >= 11 is 3.50. The number of hydrogen-bond donors (Lipinski definition) is 0. The van der Waals surface area contributed by atoms with Crippen LogP contribution in [0.15, 0.2) is 48.5 Å². The van der Waals surface area contributed by atoms with Gasteiger partial charge in [-0.05, 0) is 40.4 Å². The Balaban J connectivity index is 1.88. The summed E-state index contributed by atoms with van der Waals surface area (Å²) < 4.78 is 12.2. The summed E-state index contributed by atoms with van der Waals surface area (Å²) in [6, 6.07) is 17.0. The summed E-state index contributed by atoms with van der Waals surface area (Å²) in [4.78, 5) is 0. The molecular formula is C22H31BrO2Si. The molecule has 0 radical (unpaired) electrons. The van der Waals surface area contributed by atoms with E-state index in [0.29, 0.717) is 19.8 Å². The zero-order valence-electron chi connectivity index (χ0n) is 16.6.